The molecule has 8 nitrogen and oxygen atoms in total. The van der Waals surface area contributed by atoms with Gasteiger partial charge < -0.3 is 25.7 Å². The molecule has 10 heteroatoms. The highest BCUT2D eigenvalue weighted by molar-refractivity contribution is 6.31. The van der Waals surface area contributed by atoms with Gasteiger partial charge in [-0.1, -0.05) is 23.7 Å². The van der Waals surface area contributed by atoms with Gasteiger partial charge in [-0.2, -0.15) is 5.10 Å². The Morgan fingerprint density at radius 2 is 1.91 bits per heavy atom. The van der Waals surface area contributed by atoms with Gasteiger partial charge >= 0.3 is 0 Å². The zero-order valence-electron chi connectivity index (χ0n) is 17.1. The number of hydrazone groups is 1. The number of nitrogens with one attached hydrogen (secondary N) is 2. The van der Waals surface area contributed by atoms with Crippen LogP contribution < -0.4 is 27.2 Å². The quantitative estimate of drug-likeness (QED) is 0.146. The van der Waals surface area contributed by atoms with E-state index in [-0.39, 0.29) is 18.3 Å². The molecule has 0 fully saturated rings. The fraction of sp³-hybridized carbons (Fsp3) is 0.0435. The minimum atomic E-state index is -0.406. The predicted molar refractivity (Wildman–Crippen MR) is 124 cm³/mol. The minimum absolute atomic E-state index is 0.185. The number of hydrogen-bond acceptors (Lipinski definition) is 6. The fourth-order valence-electron chi connectivity index (χ4n) is 3.18. The van der Waals surface area contributed by atoms with Crippen LogP contribution in [0.3, 0.4) is 0 Å². The van der Waals surface area contributed by atoms with Crippen LogP contribution in [0, 0.1) is 5.82 Å². The zero-order chi connectivity index (χ0) is 23.4. The van der Waals surface area contributed by atoms with E-state index in [9.17, 15) is 9.18 Å². The first kappa shape index (κ1) is 22.1. The number of fused-ring (bicyclic) bond motifs is 1. The number of nitrogens with two attached hydrogens (primary N) is 2. The van der Waals surface area contributed by atoms with Crippen LogP contribution in [0.4, 0.5) is 10.1 Å². The van der Waals surface area contributed by atoms with E-state index in [0.717, 1.165) is 0 Å². The summed E-state index contributed by atoms with van der Waals surface area (Å²) in [5.41, 5.74) is 5.10. The monoisotopic (exact) mass is 467 g/mol. The highest BCUT2D eigenvalue weighted by Gasteiger charge is 2.15. The van der Waals surface area contributed by atoms with Gasteiger partial charge in [0.25, 0.3) is 5.91 Å². The van der Waals surface area contributed by atoms with E-state index in [1.54, 1.807) is 48.5 Å². The van der Waals surface area contributed by atoms with Crippen LogP contribution in [0.2, 0.25) is 5.02 Å². The Labute approximate surface area is 192 Å². The van der Waals surface area contributed by atoms with E-state index < -0.39 is 5.82 Å². The first-order valence-electron chi connectivity index (χ1n) is 9.72. The van der Waals surface area contributed by atoms with Crippen molar-refractivity contribution in [3.8, 4) is 5.75 Å². The molecule has 4 aromatic rings. The molecule has 1 heterocycles. The summed E-state index contributed by atoms with van der Waals surface area (Å²) in [5, 5.41) is 7.29. The van der Waals surface area contributed by atoms with Crippen molar-refractivity contribution in [2.45, 2.75) is 6.61 Å². The number of amidine groups is 1. The number of ether oxygens (including phenoxy) is 1. The molecule has 33 heavy (non-hydrogen) atoms. The number of furan rings is 1. The van der Waals surface area contributed by atoms with Gasteiger partial charge in [0.1, 0.15) is 30.0 Å². The van der Waals surface area contributed by atoms with Crippen molar-refractivity contribution in [2.24, 2.45) is 16.8 Å². The molecule has 6 N–H and O–H groups in total. The topological polar surface area (TPSA) is 128 Å². The molecule has 0 aliphatic carbocycles. The highest BCUT2D eigenvalue weighted by Crippen LogP contribution is 2.25. The lowest BCUT2D eigenvalue weighted by Gasteiger charge is -2.09. The summed E-state index contributed by atoms with van der Waals surface area (Å²) in [6, 6.07) is 16.1. The van der Waals surface area contributed by atoms with Gasteiger partial charge in [0.05, 0.1) is 10.6 Å². The van der Waals surface area contributed by atoms with Crippen LogP contribution in [0.5, 0.6) is 5.75 Å². The first-order chi connectivity index (χ1) is 16.0. The number of rotatable bonds is 6. The molecular weight excluding hydrogens is 449 g/mol. The van der Waals surface area contributed by atoms with E-state index >= 15 is 0 Å². The Hall–Kier alpha value is -4.08. The summed E-state index contributed by atoms with van der Waals surface area (Å²) in [7, 11) is 0. The average Bonchev–Trinajstić information content (AvgIpc) is 3.24. The summed E-state index contributed by atoms with van der Waals surface area (Å²) in [6.07, 6.45) is 1.38. The van der Waals surface area contributed by atoms with Crippen LogP contribution >= 0.6 is 11.6 Å². The summed E-state index contributed by atoms with van der Waals surface area (Å²) < 4.78 is 24.3. The van der Waals surface area contributed by atoms with E-state index in [0.29, 0.717) is 44.1 Å². The van der Waals surface area contributed by atoms with Gasteiger partial charge in [0.15, 0.2) is 5.84 Å². The molecule has 0 atom stereocenters. The van der Waals surface area contributed by atoms with Crippen molar-refractivity contribution in [1.82, 2.24) is 5.43 Å². The average molecular weight is 468 g/mol. The molecule has 0 spiro atoms. The molecule has 0 aliphatic rings. The van der Waals surface area contributed by atoms with Crippen molar-refractivity contribution in [3.05, 3.63) is 94.5 Å². The second-order valence-electron chi connectivity index (χ2n) is 6.99. The second kappa shape index (κ2) is 9.60. The van der Waals surface area contributed by atoms with Gasteiger partial charge in [-0.3, -0.25) is 4.79 Å². The van der Waals surface area contributed by atoms with Crippen LogP contribution in [0.1, 0.15) is 21.5 Å². The van der Waals surface area contributed by atoms with Gasteiger partial charge in [-0.05, 0) is 48.5 Å². The van der Waals surface area contributed by atoms with Crippen molar-refractivity contribution in [2.75, 3.05) is 5.32 Å². The molecule has 0 unspecified atom stereocenters. The molecule has 4 rings (SSSR count). The molecule has 1 amide bonds. The maximum absolute atomic E-state index is 13.1. The van der Waals surface area contributed by atoms with Crippen molar-refractivity contribution in [3.63, 3.8) is 0 Å². The first-order valence-corrected chi connectivity index (χ1v) is 10.1. The van der Waals surface area contributed by atoms with E-state index in [1.165, 1.54) is 18.4 Å². The summed E-state index contributed by atoms with van der Waals surface area (Å²) >= 11 is 6.01. The molecule has 0 radical (unpaired) electrons. The van der Waals surface area contributed by atoms with Crippen molar-refractivity contribution >= 4 is 40.0 Å². The second-order valence-corrected chi connectivity index (χ2v) is 7.39. The SMILES string of the molecule is N/N=C(\NN)c1ccc2c(C(=O)Nc3ccc(OCc4ccc(F)cc4Cl)cc3)coc2c1. The Kier molecular flexibility index (Phi) is 6.43. The van der Waals surface area contributed by atoms with E-state index in [1.807, 2.05) is 0 Å². The molecule has 168 valence electrons. The third-order valence-electron chi connectivity index (χ3n) is 4.88. The number of amides is 1. The number of nitrogens with zero attached hydrogens (tertiary/aromatic N) is 1. The molecular formula is C23H19ClFN5O3. The number of hydrogen-bond donors (Lipinski definition) is 4. The fourth-order valence-corrected chi connectivity index (χ4v) is 3.40. The predicted octanol–water partition coefficient (Wildman–Crippen LogP) is 4.14. The summed E-state index contributed by atoms with van der Waals surface area (Å²) in [5.74, 6) is 10.8. The Morgan fingerprint density at radius 3 is 2.61 bits per heavy atom. The Morgan fingerprint density at radius 1 is 1.12 bits per heavy atom. The number of benzene rings is 3. The molecule has 0 aliphatic heterocycles. The summed E-state index contributed by atoms with van der Waals surface area (Å²) in [4.78, 5) is 12.8. The standard InChI is InChI=1S/C23H19ClFN5O3/c24-20-10-15(25)3-1-14(20)11-32-17-6-4-16(5-7-17)28-23(31)19-12-33-21-9-13(2-8-18(19)21)22(29-26)30-27/h1-10,12H,11,26-27H2,(H,28,31)(H,29,30). The maximum atomic E-state index is 13.1. The number of carbonyl (C=O) groups is 1. The normalized spacial score (nSPS) is 11.4. The van der Waals surface area contributed by atoms with Crippen molar-refractivity contribution < 1.29 is 18.3 Å². The van der Waals surface area contributed by atoms with Crippen LogP contribution in [0.15, 0.2) is 76.4 Å². The molecule has 1 aromatic heterocycles. The largest absolute Gasteiger partial charge is 0.489 e. The smallest absolute Gasteiger partial charge is 0.259 e. The third kappa shape index (κ3) is 4.89. The molecule has 0 saturated carbocycles. The lowest BCUT2D eigenvalue weighted by atomic mass is 10.1. The van der Waals surface area contributed by atoms with E-state index in [4.69, 9.17) is 32.4 Å². The van der Waals surface area contributed by atoms with Crippen LogP contribution in [0.25, 0.3) is 11.0 Å². The molecule has 0 bridgehead atoms. The van der Waals surface area contributed by atoms with E-state index in [2.05, 4.69) is 15.8 Å². The van der Waals surface area contributed by atoms with Gasteiger partial charge in [0, 0.05) is 22.2 Å². The lowest BCUT2D eigenvalue weighted by Crippen LogP contribution is -2.31. The zero-order valence-corrected chi connectivity index (χ0v) is 17.9. The number of carbonyl (C=O) groups excluding carboxylic acids is 1. The summed E-state index contributed by atoms with van der Waals surface area (Å²) in [6.45, 7) is 0.185. The van der Waals surface area contributed by atoms with Gasteiger partial charge in [-0.15, -0.1) is 0 Å². The number of anilines is 1. The van der Waals surface area contributed by atoms with Crippen LogP contribution in [-0.4, -0.2) is 11.7 Å². The highest BCUT2D eigenvalue weighted by atomic mass is 35.5. The Bertz CT molecular complexity index is 1340. The minimum Gasteiger partial charge on any atom is -0.489 e. The number of halogens is 2. The third-order valence-corrected chi connectivity index (χ3v) is 5.23. The molecule has 3 aromatic carbocycles. The Balaban J connectivity index is 1.42. The number of hydrazine groups is 1. The maximum Gasteiger partial charge on any atom is 0.259 e. The van der Waals surface area contributed by atoms with Gasteiger partial charge in [0.2, 0.25) is 0 Å². The van der Waals surface area contributed by atoms with Crippen LogP contribution in [-0.2, 0) is 6.61 Å². The molecule has 0 saturated heterocycles. The van der Waals surface area contributed by atoms with Gasteiger partial charge in [-0.25, -0.2) is 10.2 Å². The van der Waals surface area contributed by atoms with Crippen molar-refractivity contribution in [1.29, 1.82) is 0 Å². The lowest BCUT2D eigenvalue weighted by molar-refractivity contribution is 0.102.